The second-order valence-corrected chi connectivity index (χ2v) is 6.57. The van der Waals surface area contributed by atoms with E-state index in [-0.39, 0.29) is 17.3 Å². The fraction of sp³-hybridized carbons (Fsp3) is 0.455. The summed E-state index contributed by atoms with van der Waals surface area (Å²) in [5, 5.41) is 12.4. The van der Waals surface area contributed by atoms with Gasteiger partial charge in [0.25, 0.3) is 0 Å². The largest absolute Gasteiger partial charge is 0.390 e. The molecule has 1 aromatic rings. The number of aryl methyl sites for hydroxylation is 1. The molecule has 6 heteroatoms. The third-order valence-electron chi connectivity index (χ3n) is 2.72. The molecule has 1 aliphatic rings. The molecule has 2 atom stereocenters. The van der Waals surface area contributed by atoms with Crippen LogP contribution >= 0.6 is 0 Å². The van der Waals surface area contributed by atoms with Gasteiger partial charge < -0.3 is 10.4 Å². The molecule has 1 saturated heterocycles. The van der Waals surface area contributed by atoms with Crippen molar-refractivity contribution >= 4 is 15.5 Å². The predicted octanol–water partition coefficient (Wildman–Crippen LogP) is 0.704. The summed E-state index contributed by atoms with van der Waals surface area (Å²) in [4.78, 5) is 0. The van der Waals surface area contributed by atoms with Crippen LogP contribution in [0.4, 0.5) is 10.1 Å². The van der Waals surface area contributed by atoms with Gasteiger partial charge in [0.1, 0.15) is 5.82 Å². The highest BCUT2D eigenvalue weighted by Gasteiger charge is 2.36. The normalized spacial score (nSPS) is 27.0. The Kier molecular flexibility index (Phi) is 3.09. The molecule has 0 saturated carbocycles. The number of sulfone groups is 1. The number of benzene rings is 1. The molecule has 4 nitrogen and oxygen atoms in total. The van der Waals surface area contributed by atoms with Crippen LogP contribution in [0, 0.1) is 12.7 Å². The summed E-state index contributed by atoms with van der Waals surface area (Å²) in [7, 11) is -3.19. The molecule has 0 aromatic heterocycles. The Bertz CT molecular complexity index is 509. The van der Waals surface area contributed by atoms with Gasteiger partial charge in [-0.1, -0.05) is 0 Å². The fourth-order valence-corrected chi connectivity index (χ4v) is 3.74. The van der Waals surface area contributed by atoms with Gasteiger partial charge in [0, 0.05) is 5.69 Å². The Morgan fingerprint density at radius 2 is 2.06 bits per heavy atom. The first-order chi connectivity index (χ1) is 7.85. The maximum Gasteiger partial charge on any atom is 0.155 e. The molecule has 1 aliphatic heterocycles. The van der Waals surface area contributed by atoms with E-state index in [0.29, 0.717) is 5.69 Å². The zero-order chi connectivity index (χ0) is 12.6. The molecular formula is C11H14FNO3S. The Balaban J connectivity index is 2.16. The van der Waals surface area contributed by atoms with Crippen molar-refractivity contribution in [1.82, 2.24) is 0 Å². The van der Waals surface area contributed by atoms with Crippen molar-refractivity contribution in [2.45, 2.75) is 19.1 Å². The maximum absolute atomic E-state index is 13.1. The van der Waals surface area contributed by atoms with Crippen LogP contribution in [0.2, 0.25) is 0 Å². The summed E-state index contributed by atoms with van der Waals surface area (Å²) in [6.45, 7) is 1.75. The third-order valence-corrected chi connectivity index (χ3v) is 4.43. The van der Waals surface area contributed by atoms with Crippen molar-refractivity contribution < 1.29 is 17.9 Å². The number of aliphatic hydroxyl groups is 1. The lowest BCUT2D eigenvalue weighted by atomic mass is 10.1. The fourth-order valence-electron chi connectivity index (χ4n) is 2.00. The molecule has 0 aliphatic carbocycles. The van der Waals surface area contributed by atoms with E-state index < -0.39 is 22.0 Å². The smallest absolute Gasteiger partial charge is 0.155 e. The van der Waals surface area contributed by atoms with E-state index in [2.05, 4.69) is 5.32 Å². The summed E-state index contributed by atoms with van der Waals surface area (Å²) in [6, 6.07) is 3.81. The molecule has 0 radical (unpaired) electrons. The zero-order valence-corrected chi connectivity index (χ0v) is 10.2. The number of halogens is 1. The van der Waals surface area contributed by atoms with Gasteiger partial charge in [-0.3, -0.25) is 0 Å². The molecule has 0 spiro atoms. The lowest BCUT2D eigenvalue weighted by Crippen LogP contribution is -2.31. The predicted molar refractivity (Wildman–Crippen MR) is 63.2 cm³/mol. The van der Waals surface area contributed by atoms with Crippen LogP contribution in [0.5, 0.6) is 0 Å². The van der Waals surface area contributed by atoms with Crippen LogP contribution in [0.15, 0.2) is 18.2 Å². The Hall–Kier alpha value is -1.14. The second-order valence-electron chi connectivity index (χ2n) is 4.41. The molecule has 94 valence electrons. The Labute approximate surface area is 99.4 Å². The molecule has 0 amide bonds. The van der Waals surface area contributed by atoms with Gasteiger partial charge in [-0.15, -0.1) is 0 Å². The van der Waals surface area contributed by atoms with Crippen molar-refractivity contribution in [1.29, 1.82) is 0 Å². The van der Waals surface area contributed by atoms with Gasteiger partial charge in [0.2, 0.25) is 0 Å². The van der Waals surface area contributed by atoms with E-state index >= 15 is 0 Å². The highest BCUT2D eigenvalue weighted by atomic mass is 32.2. The number of anilines is 1. The van der Waals surface area contributed by atoms with E-state index in [9.17, 15) is 17.9 Å². The average molecular weight is 259 g/mol. The number of aliphatic hydroxyl groups excluding tert-OH is 1. The number of hydrogen-bond acceptors (Lipinski definition) is 4. The van der Waals surface area contributed by atoms with Gasteiger partial charge in [-0.25, -0.2) is 12.8 Å². The first-order valence-electron chi connectivity index (χ1n) is 5.28. The molecular weight excluding hydrogens is 245 g/mol. The first kappa shape index (κ1) is 12.3. The van der Waals surface area contributed by atoms with Crippen LogP contribution in [-0.2, 0) is 9.84 Å². The summed E-state index contributed by atoms with van der Waals surface area (Å²) < 4.78 is 35.7. The first-order valence-corrected chi connectivity index (χ1v) is 7.10. The minimum absolute atomic E-state index is 0.121. The zero-order valence-electron chi connectivity index (χ0n) is 9.35. The highest BCUT2D eigenvalue weighted by molar-refractivity contribution is 7.91. The van der Waals surface area contributed by atoms with E-state index in [0.717, 1.165) is 5.56 Å². The number of rotatable bonds is 2. The molecule has 0 bridgehead atoms. The van der Waals surface area contributed by atoms with Crippen molar-refractivity contribution in [3.05, 3.63) is 29.6 Å². The molecule has 1 aromatic carbocycles. The van der Waals surface area contributed by atoms with Gasteiger partial charge in [-0.2, -0.15) is 0 Å². The molecule has 1 fully saturated rings. The van der Waals surface area contributed by atoms with Crippen molar-refractivity contribution in [2.24, 2.45) is 0 Å². The molecule has 2 rings (SSSR count). The number of hydrogen-bond donors (Lipinski definition) is 2. The summed E-state index contributed by atoms with van der Waals surface area (Å²) in [5.41, 5.74) is 1.23. The summed E-state index contributed by atoms with van der Waals surface area (Å²) in [6.07, 6.45) is -0.941. The Morgan fingerprint density at radius 3 is 2.59 bits per heavy atom. The van der Waals surface area contributed by atoms with E-state index in [1.54, 1.807) is 13.0 Å². The molecule has 2 unspecified atom stereocenters. The maximum atomic E-state index is 13.1. The lowest BCUT2D eigenvalue weighted by molar-refractivity contribution is 0.190. The standard InChI is InChI=1S/C11H14FNO3S/c1-7-2-8(12)4-9(3-7)13-10-5-17(15,16)6-11(10)14/h2-4,10-11,13-14H,5-6H2,1H3. The second kappa shape index (κ2) is 4.27. The molecule has 2 N–H and O–H groups in total. The Morgan fingerprint density at radius 1 is 1.35 bits per heavy atom. The minimum Gasteiger partial charge on any atom is -0.390 e. The summed E-state index contributed by atoms with van der Waals surface area (Å²) in [5.74, 6) is -0.745. The van der Waals surface area contributed by atoms with Crippen LogP contribution in [0.1, 0.15) is 5.56 Å². The SMILES string of the molecule is Cc1cc(F)cc(NC2CS(=O)(=O)CC2O)c1. The minimum atomic E-state index is -3.19. The van der Waals surface area contributed by atoms with Gasteiger partial charge >= 0.3 is 0 Å². The average Bonchev–Trinajstić information content (AvgIpc) is 2.37. The van der Waals surface area contributed by atoms with Crippen molar-refractivity contribution in [3.63, 3.8) is 0 Å². The monoisotopic (exact) mass is 259 g/mol. The quantitative estimate of drug-likeness (QED) is 0.820. The van der Waals surface area contributed by atoms with Crippen LogP contribution in [-0.4, -0.2) is 37.2 Å². The lowest BCUT2D eigenvalue weighted by Gasteiger charge is -2.16. The third kappa shape index (κ3) is 2.95. The van der Waals surface area contributed by atoms with E-state index in [1.807, 2.05) is 0 Å². The number of nitrogens with one attached hydrogen (secondary N) is 1. The van der Waals surface area contributed by atoms with Gasteiger partial charge in [0.15, 0.2) is 9.84 Å². The van der Waals surface area contributed by atoms with Crippen molar-refractivity contribution in [2.75, 3.05) is 16.8 Å². The van der Waals surface area contributed by atoms with Crippen LogP contribution < -0.4 is 5.32 Å². The van der Waals surface area contributed by atoms with E-state index in [4.69, 9.17) is 0 Å². The van der Waals surface area contributed by atoms with Crippen molar-refractivity contribution in [3.8, 4) is 0 Å². The topological polar surface area (TPSA) is 66.4 Å². The molecule has 17 heavy (non-hydrogen) atoms. The van der Waals surface area contributed by atoms with E-state index in [1.165, 1.54) is 12.1 Å². The van der Waals surface area contributed by atoms with Crippen LogP contribution in [0.3, 0.4) is 0 Å². The highest BCUT2D eigenvalue weighted by Crippen LogP contribution is 2.20. The van der Waals surface area contributed by atoms with Crippen LogP contribution in [0.25, 0.3) is 0 Å². The summed E-state index contributed by atoms with van der Waals surface area (Å²) >= 11 is 0. The van der Waals surface area contributed by atoms with Gasteiger partial charge in [-0.05, 0) is 30.7 Å². The molecule has 1 heterocycles. The van der Waals surface area contributed by atoms with Gasteiger partial charge in [0.05, 0.1) is 23.7 Å².